The number of rotatable bonds is 5. The number of hydrogen-bond acceptors (Lipinski definition) is 4. The van der Waals surface area contributed by atoms with Gasteiger partial charge in [-0.3, -0.25) is 4.79 Å². The van der Waals surface area contributed by atoms with Crippen molar-refractivity contribution in [3.05, 3.63) is 34.9 Å². The Bertz CT molecular complexity index is 465. The molecule has 0 radical (unpaired) electrons. The predicted molar refractivity (Wildman–Crippen MR) is 72.5 cm³/mol. The highest BCUT2D eigenvalue weighted by Crippen LogP contribution is 2.16. The van der Waals surface area contributed by atoms with Crippen LogP contribution < -0.4 is 5.73 Å². The van der Waals surface area contributed by atoms with E-state index in [1.807, 2.05) is 12.1 Å². The van der Waals surface area contributed by atoms with Crippen molar-refractivity contribution in [1.29, 1.82) is 0 Å². The van der Waals surface area contributed by atoms with Crippen molar-refractivity contribution in [1.82, 2.24) is 4.90 Å². The molecule has 0 saturated heterocycles. The van der Waals surface area contributed by atoms with E-state index in [-0.39, 0.29) is 13.2 Å². The second kappa shape index (κ2) is 7.11. The molecule has 5 nitrogen and oxygen atoms in total. The van der Waals surface area contributed by atoms with E-state index in [0.29, 0.717) is 5.02 Å². The molecule has 6 heteroatoms. The van der Waals surface area contributed by atoms with Crippen molar-refractivity contribution in [2.45, 2.75) is 19.5 Å². The zero-order valence-electron chi connectivity index (χ0n) is 10.9. The van der Waals surface area contributed by atoms with Gasteiger partial charge in [0.25, 0.3) is 5.91 Å². The molecule has 19 heavy (non-hydrogen) atoms. The molecule has 1 amide bonds. The number of halogens is 1. The Kier molecular flexibility index (Phi) is 5.79. The lowest BCUT2D eigenvalue weighted by atomic mass is 10.2. The van der Waals surface area contributed by atoms with E-state index in [9.17, 15) is 9.59 Å². The first kappa shape index (κ1) is 15.5. The Hall–Kier alpha value is -1.59. The van der Waals surface area contributed by atoms with Gasteiger partial charge in [0.05, 0.1) is 6.61 Å². The van der Waals surface area contributed by atoms with Gasteiger partial charge in [-0.1, -0.05) is 29.8 Å². The summed E-state index contributed by atoms with van der Waals surface area (Å²) in [7, 11) is 1.56. The summed E-state index contributed by atoms with van der Waals surface area (Å²) in [5.41, 5.74) is 6.33. The van der Waals surface area contributed by atoms with Gasteiger partial charge in [0, 0.05) is 18.6 Å². The summed E-state index contributed by atoms with van der Waals surface area (Å²) in [6, 6.07) is 5.87. The van der Waals surface area contributed by atoms with Crippen LogP contribution in [0.5, 0.6) is 0 Å². The van der Waals surface area contributed by atoms with Crippen LogP contribution in [0.25, 0.3) is 0 Å². The number of benzene rings is 1. The molecule has 0 fully saturated rings. The molecule has 1 aromatic rings. The first-order valence-corrected chi connectivity index (χ1v) is 6.25. The van der Waals surface area contributed by atoms with Gasteiger partial charge in [0.2, 0.25) is 0 Å². The fraction of sp³-hybridized carbons (Fsp3) is 0.385. The summed E-state index contributed by atoms with van der Waals surface area (Å²) in [6.45, 7) is 2.13. The van der Waals surface area contributed by atoms with Crippen molar-refractivity contribution in [3.8, 4) is 0 Å². The molecule has 0 aliphatic carbocycles. The van der Waals surface area contributed by atoms with Gasteiger partial charge >= 0.3 is 5.97 Å². The Balaban J connectivity index is 2.68. The van der Waals surface area contributed by atoms with Gasteiger partial charge in [-0.15, -0.1) is 0 Å². The molecule has 0 bridgehead atoms. The lowest BCUT2D eigenvalue weighted by Crippen LogP contribution is -2.47. The minimum Gasteiger partial charge on any atom is -0.464 e. The summed E-state index contributed by atoms with van der Waals surface area (Å²) in [6.07, 6.45) is 0. The number of carbonyl (C=O) groups is 2. The lowest BCUT2D eigenvalue weighted by Gasteiger charge is -2.20. The summed E-state index contributed by atoms with van der Waals surface area (Å²) in [4.78, 5) is 24.7. The van der Waals surface area contributed by atoms with Gasteiger partial charge in [0.1, 0.15) is 0 Å². The standard InChI is InChI=1S/C13H17ClN2O3/c1-3-19-13(18)11(15)12(17)16(2)8-9-6-4-5-7-10(9)14/h4-7,11H,3,8,15H2,1-2H3. The summed E-state index contributed by atoms with van der Waals surface area (Å²) >= 11 is 6.00. The molecule has 0 aliphatic heterocycles. The van der Waals surface area contributed by atoms with Gasteiger partial charge in [-0.2, -0.15) is 0 Å². The predicted octanol–water partition coefficient (Wildman–Crippen LogP) is 1.19. The van der Waals surface area contributed by atoms with Crippen LogP contribution in [0.4, 0.5) is 0 Å². The Morgan fingerprint density at radius 2 is 2.05 bits per heavy atom. The number of amides is 1. The third-order valence-electron chi connectivity index (χ3n) is 2.55. The molecule has 1 aromatic carbocycles. The first-order chi connectivity index (χ1) is 8.97. The van der Waals surface area contributed by atoms with E-state index in [4.69, 9.17) is 22.1 Å². The van der Waals surface area contributed by atoms with Crippen molar-refractivity contribution in [3.63, 3.8) is 0 Å². The van der Waals surface area contributed by atoms with Crippen molar-refractivity contribution < 1.29 is 14.3 Å². The second-order valence-corrected chi connectivity index (χ2v) is 4.42. The maximum atomic E-state index is 11.9. The number of esters is 1. The number of hydrogen-bond donors (Lipinski definition) is 1. The smallest absolute Gasteiger partial charge is 0.332 e. The second-order valence-electron chi connectivity index (χ2n) is 4.02. The quantitative estimate of drug-likeness (QED) is 0.651. The molecule has 104 valence electrons. The average Bonchev–Trinajstić information content (AvgIpc) is 2.39. The monoisotopic (exact) mass is 284 g/mol. The van der Waals surface area contributed by atoms with Crippen molar-refractivity contribution in [2.75, 3.05) is 13.7 Å². The summed E-state index contributed by atoms with van der Waals surface area (Å²) < 4.78 is 4.71. The number of ether oxygens (including phenoxy) is 1. The average molecular weight is 285 g/mol. The van der Waals surface area contributed by atoms with Crippen LogP contribution in [0.1, 0.15) is 12.5 Å². The van der Waals surface area contributed by atoms with Gasteiger partial charge < -0.3 is 15.4 Å². The number of nitrogens with two attached hydrogens (primary N) is 1. The Morgan fingerprint density at radius 3 is 2.63 bits per heavy atom. The lowest BCUT2D eigenvalue weighted by molar-refractivity contribution is -0.150. The highest BCUT2D eigenvalue weighted by atomic mass is 35.5. The van der Waals surface area contributed by atoms with Crippen molar-refractivity contribution >= 4 is 23.5 Å². The van der Waals surface area contributed by atoms with Crippen molar-refractivity contribution in [2.24, 2.45) is 5.73 Å². The van der Waals surface area contributed by atoms with Crippen LogP contribution in [-0.2, 0) is 20.9 Å². The number of carbonyl (C=O) groups excluding carboxylic acids is 2. The van der Waals surface area contributed by atoms with E-state index >= 15 is 0 Å². The van der Waals surface area contributed by atoms with Crippen LogP contribution in [0.2, 0.25) is 5.02 Å². The third kappa shape index (κ3) is 4.22. The maximum Gasteiger partial charge on any atom is 0.332 e. The third-order valence-corrected chi connectivity index (χ3v) is 2.92. The van der Waals surface area contributed by atoms with Gasteiger partial charge in [-0.05, 0) is 18.6 Å². The van der Waals surface area contributed by atoms with Gasteiger partial charge in [0.15, 0.2) is 6.04 Å². The van der Waals surface area contributed by atoms with Crippen LogP contribution in [0.3, 0.4) is 0 Å². The molecule has 2 N–H and O–H groups in total. The topological polar surface area (TPSA) is 72.6 Å². The van der Waals surface area contributed by atoms with Crippen LogP contribution in [-0.4, -0.2) is 36.5 Å². The molecule has 1 unspecified atom stereocenters. The number of nitrogens with zero attached hydrogens (tertiary/aromatic N) is 1. The normalized spacial score (nSPS) is 11.8. The minimum absolute atomic E-state index is 0.189. The Labute approximate surface area is 117 Å². The maximum absolute atomic E-state index is 11.9. The van der Waals surface area contributed by atoms with E-state index in [0.717, 1.165) is 5.56 Å². The fourth-order valence-electron chi connectivity index (χ4n) is 1.53. The zero-order valence-corrected chi connectivity index (χ0v) is 11.7. The molecule has 0 heterocycles. The molecule has 0 spiro atoms. The summed E-state index contributed by atoms with van der Waals surface area (Å²) in [5, 5.41) is 0.562. The molecular weight excluding hydrogens is 268 g/mol. The highest BCUT2D eigenvalue weighted by Gasteiger charge is 2.26. The molecule has 0 aromatic heterocycles. The highest BCUT2D eigenvalue weighted by molar-refractivity contribution is 6.31. The van der Waals surface area contributed by atoms with Crippen LogP contribution in [0, 0.1) is 0 Å². The fourth-order valence-corrected chi connectivity index (χ4v) is 1.73. The SMILES string of the molecule is CCOC(=O)C(N)C(=O)N(C)Cc1ccccc1Cl. The Morgan fingerprint density at radius 1 is 1.42 bits per heavy atom. The molecule has 0 aliphatic rings. The molecule has 1 atom stereocenters. The van der Waals surface area contributed by atoms with E-state index in [1.54, 1.807) is 26.1 Å². The van der Waals surface area contributed by atoms with E-state index in [2.05, 4.69) is 0 Å². The van der Waals surface area contributed by atoms with Gasteiger partial charge in [-0.25, -0.2) is 4.79 Å². The largest absolute Gasteiger partial charge is 0.464 e. The first-order valence-electron chi connectivity index (χ1n) is 5.88. The van der Waals surface area contributed by atoms with Crippen LogP contribution in [0.15, 0.2) is 24.3 Å². The minimum atomic E-state index is -1.30. The zero-order chi connectivity index (χ0) is 14.4. The van der Waals surface area contributed by atoms with E-state index in [1.165, 1.54) is 4.90 Å². The van der Waals surface area contributed by atoms with E-state index < -0.39 is 17.9 Å². The summed E-state index contributed by atoms with van der Waals surface area (Å²) in [5.74, 6) is -1.23. The molecule has 1 rings (SSSR count). The molecule has 0 saturated carbocycles. The molecular formula is C13H17ClN2O3. The van der Waals surface area contributed by atoms with Crippen LogP contribution >= 0.6 is 11.6 Å². The number of likely N-dealkylation sites (N-methyl/N-ethyl adjacent to an activating group) is 1.